The van der Waals surface area contributed by atoms with Crippen molar-refractivity contribution in [2.45, 2.75) is 12.5 Å². The topological polar surface area (TPSA) is 79.2 Å². The van der Waals surface area contributed by atoms with Crippen LogP contribution in [-0.4, -0.2) is 50.1 Å². The summed E-state index contributed by atoms with van der Waals surface area (Å²) in [5, 5.41) is 9.47. The number of amides is 1. The smallest absolute Gasteiger partial charge is 0.274 e. The normalized spacial score (nSPS) is 19.1. The quantitative estimate of drug-likeness (QED) is 0.847. The maximum Gasteiger partial charge on any atom is 0.274 e. The molecule has 1 fully saturated rings. The van der Waals surface area contributed by atoms with E-state index in [1.54, 1.807) is 17.3 Å². The number of aromatic nitrogens is 3. The Labute approximate surface area is 117 Å². The fourth-order valence-electron chi connectivity index (χ4n) is 2.09. The summed E-state index contributed by atoms with van der Waals surface area (Å²) in [7, 11) is 0. The first-order valence-electron chi connectivity index (χ1n) is 5.89. The molecule has 0 bridgehead atoms. The van der Waals surface area contributed by atoms with Crippen LogP contribution < -0.4 is 0 Å². The zero-order valence-electron chi connectivity index (χ0n) is 9.95. The van der Waals surface area contributed by atoms with Crippen molar-refractivity contribution < 1.29 is 9.90 Å². The van der Waals surface area contributed by atoms with Crippen molar-refractivity contribution in [1.29, 1.82) is 0 Å². The maximum atomic E-state index is 12.2. The Bertz CT molecular complexity index is 649. The van der Waals surface area contributed by atoms with Crippen LogP contribution >= 0.6 is 15.9 Å². The van der Waals surface area contributed by atoms with Gasteiger partial charge in [-0.2, -0.15) is 0 Å². The van der Waals surface area contributed by atoms with Gasteiger partial charge in [0.2, 0.25) is 0 Å². The van der Waals surface area contributed by atoms with Gasteiger partial charge >= 0.3 is 0 Å². The number of halogens is 1. The Morgan fingerprint density at radius 3 is 3.00 bits per heavy atom. The molecule has 1 N–H and O–H groups in total. The van der Waals surface area contributed by atoms with Gasteiger partial charge < -0.3 is 10.0 Å². The number of carbonyl (C=O) groups excluding carboxylic acids is 1. The molecule has 1 amide bonds. The zero-order valence-corrected chi connectivity index (χ0v) is 11.5. The monoisotopic (exact) mass is 322 g/mol. The molecule has 1 atom stereocenters. The molecule has 0 unspecified atom stereocenters. The number of β-amino-alcohol motifs (C(OH)–C–C–N with tert-alkyl or cyclic N) is 1. The Balaban J connectivity index is 1.97. The Hall–Kier alpha value is -1.60. The molecule has 19 heavy (non-hydrogen) atoms. The minimum Gasteiger partial charge on any atom is -0.391 e. The Kier molecular flexibility index (Phi) is 3.16. The van der Waals surface area contributed by atoms with E-state index in [-0.39, 0.29) is 11.6 Å². The molecule has 7 heteroatoms. The second-order valence-corrected chi connectivity index (χ2v) is 5.29. The average molecular weight is 323 g/mol. The lowest BCUT2D eigenvalue weighted by atomic mass is 10.3. The van der Waals surface area contributed by atoms with Crippen molar-refractivity contribution in [3.05, 3.63) is 28.8 Å². The number of carbonyl (C=O) groups is 1. The predicted octanol–water partition coefficient (Wildman–Crippen LogP) is 0.994. The number of rotatable bonds is 1. The molecule has 1 aliphatic heterocycles. The van der Waals surface area contributed by atoms with Gasteiger partial charge in [-0.05, 0) is 22.4 Å². The molecule has 2 aromatic rings. The molecule has 1 aliphatic rings. The van der Waals surface area contributed by atoms with Crippen LogP contribution in [0.5, 0.6) is 0 Å². The molecule has 3 heterocycles. The third-order valence-electron chi connectivity index (χ3n) is 3.08. The predicted molar refractivity (Wildman–Crippen MR) is 71.6 cm³/mol. The summed E-state index contributed by atoms with van der Waals surface area (Å²) >= 11 is 3.34. The molecule has 3 rings (SSSR count). The van der Waals surface area contributed by atoms with Crippen molar-refractivity contribution in [3.8, 4) is 0 Å². The Morgan fingerprint density at radius 2 is 2.26 bits per heavy atom. The number of fused-ring (bicyclic) bond motifs is 1. The second-order valence-electron chi connectivity index (χ2n) is 4.44. The van der Waals surface area contributed by atoms with Crippen molar-refractivity contribution in [2.75, 3.05) is 13.1 Å². The van der Waals surface area contributed by atoms with Crippen LogP contribution in [-0.2, 0) is 0 Å². The number of likely N-dealkylation sites (tertiary alicyclic amines) is 1. The van der Waals surface area contributed by atoms with Crippen LogP contribution in [0.3, 0.4) is 0 Å². The molecule has 6 nitrogen and oxygen atoms in total. The summed E-state index contributed by atoms with van der Waals surface area (Å²) in [6.45, 7) is 0.910. The molecule has 2 aromatic heterocycles. The highest BCUT2D eigenvalue weighted by Crippen LogP contribution is 2.20. The molecule has 0 saturated carbocycles. The van der Waals surface area contributed by atoms with Crippen molar-refractivity contribution in [2.24, 2.45) is 0 Å². The van der Waals surface area contributed by atoms with Crippen LogP contribution in [0.4, 0.5) is 0 Å². The lowest BCUT2D eigenvalue weighted by Crippen LogP contribution is -2.30. The lowest BCUT2D eigenvalue weighted by Gasteiger charge is -2.14. The van der Waals surface area contributed by atoms with Crippen LogP contribution in [0.1, 0.15) is 16.9 Å². The number of nitrogens with zero attached hydrogens (tertiary/aromatic N) is 4. The van der Waals surface area contributed by atoms with E-state index in [1.165, 1.54) is 6.20 Å². The molecule has 0 aliphatic carbocycles. The summed E-state index contributed by atoms with van der Waals surface area (Å²) in [6.07, 6.45) is 4.84. The number of pyridine rings is 1. The van der Waals surface area contributed by atoms with Gasteiger partial charge in [-0.25, -0.2) is 4.98 Å². The number of hydrogen-bond acceptors (Lipinski definition) is 5. The minimum atomic E-state index is -0.437. The number of hydrogen-bond donors (Lipinski definition) is 1. The van der Waals surface area contributed by atoms with E-state index in [9.17, 15) is 9.90 Å². The highest BCUT2D eigenvalue weighted by molar-refractivity contribution is 9.10. The van der Waals surface area contributed by atoms with Gasteiger partial charge in [0.15, 0.2) is 0 Å². The fraction of sp³-hybridized carbons (Fsp3) is 0.333. The van der Waals surface area contributed by atoms with Crippen molar-refractivity contribution in [1.82, 2.24) is 19.9 Å². The molecule has 1 saturated heterocycles. The Morgan fingerprint density at radius 1 is 1.42 bits per heavy atom. The van der Waals surface area contributed by atoms with E-state index in [0.29, 0.717) is 35.0 Å². The third kappa shape index (κ3) is 2.31. The van der Waals surface area contributed by atoms with Gasteiger partial charge in [0, 0.05) is 19.3 Å². The fourth-order valence-corrected chi connectivity index (χ4v) is 2.50. The minimum absolute atomic E-state index is 0.199. The molecule has 98 valence electrons. The van der Waals surface area contributed by atoms with E-state index in [4.69, 9.17) is 0 Å². The summed E-state index contributed by atoms with van der Waals surface area (Å²) in [5.41, 5.74) is 1.53. The molecular weight excluding hydrogens is 312 g/mol. The summed E-state index contributed by atoms with van der Waals surface area (Å²) in [6, 6.07) is 0. The van der Waals surface area contributed by atoms with Gasteiger partial charge in [0.25, 0.3) is 5.91 Å². The number of aliphatic hydroxyl groups excluding tert-OH is 1. The zero-order chi connectivity index (χ0) is 13.4. The molecule has 0 aromatic carbocycles. The SMILES string of the molecule is O=C(c1cnc2cncc(Br)c2n1)N1CC[C@H](O)C1. The van der Waals surface area contributed by atoms with Gasteiger partial charge in [-0.3, -0.25) is 14.8 Å². The largest absolute Gasteiger partial charge is 0.391 e. The second kappa shape index (κ2) is 4.82. The average Bonchev–Trinajstić information content (AvgIpc) is 2.85. The standard InChI is InChI=1S/C12H11BrN4O2/c13-8-3-14-4-9-11(8)16-10(5-15-9)12(19)17-2-1-7(18)6-17/h3-5,7,18H,1-2,6H2/t7-/m0/s1. The van der Waals surface area contributed by atoms with Gasteiger partial charge in [0.1, 0.15) is 16.7 Å². The van der Waals surface area contributed by atoms with E-state index in [2.05, 4.69) is 30.9 Å². The first-order valence-corrected chi connectivity index (χ1v) is 6.68. The molecule has 0 radical (unpaired) electrons. The van der Waals surface area contributed by atoms with Gasteiger partial charge in [0.05, 0.1) is 23.0 Å². The van der Waals surface area contributed by atoms with Crippen LogP contribution in [0.2, 0.25) is 0 Å². The van der Waals surface area contributed by atoms with Crippen LogP contribution in [0, 0.1) is 0 Å². The van der Waals surface area contributed by atoms with E-state index < -0.39 is 6.10 Å². The van der Waals surface area contributed by atoms with E-state index in [1.807, 2.05) is 0 Å². The highest BCUT2D eigenvalue weighted by atomic mass is 79.9. The molecular formula is C12H11BrN4O2. The van der Waals surface area contributed by atoms with Crippen LogP contribution in [0.25, 0.3) is 11.0 Å². The highest BCUT2D eigenvalue weighted by Gasteiger charge is 2.26. The molecule has 0 spiro atoms. The first kappa shape index (κ1) is 12.4. The number of aliphatic hydroxyl groups is 1. The summed E-state index contributed by atoms with van der Waals surface area (Å²) in [4.78, 5) is 26.3. The van der Waals surface area contributed by atoms with E-state index in [0.717, 1.165) is 0 Å². The van der Waals surface area contributed by atoms with Crippen LogP contribution in [0.15, 0.2) is 23.1 Å². The van der Waals surface area contributed by atoms with E-state index >= 15 is 0 Å². The summed E-state index contributed by atoms with van der Waals surface area (Å²) < 4.78 is 0.702. The van der Waals surface area contributed by atoms with Crippen molar-refractivity contribution >= 4 is 32.9 Å². The van der Waals surface area contributed by atoms with Crippen molar-refractivity contribution in [3.63, 3.8) is 0 Å². The summed E-state index contributed by atoms with van der Waals surface area (Å²) in [5.74, 6) is -0.199. The third-order valence-corrected chi connectivity index (χ3v) is 3.66. The van der Waals surface area contributed by atoms with Gasteiger partial charge in [-0.1, -0.05) is 0 Å². The van der Waals surface area contributed by atoms with Gasteiger partial charge in [-0.15, -0.1) is 0 Å². The lowest BCUT2D eigenvalue weighted by molar-refractivity contribution is 0.0759. The maximum absolute atomic E-state index is 12.2. The first-order chi connectivity index (χ1) is 9.15.